The molecule has 0 bridgehead atoms. The molecule has 3 rings (SSSR count). The van der Waals surface area contributed by atoms with Crippen LogP contribution in [-0.2, 0) is 12.8 Å². The number of rotatable bonds is 4. The number of fused-ring (bicyclic) bond motifs is 1. The van der Waals surface area contributed by atoms with Gasteiger partial charge in [0.25, 0.3) is 0 Å². The molecule has 0 N–H and O–H groups in total. The van der Waals surface area contributed by atoms with Crippen LogP contribution in [0.2, 0.25) is 0 Å². The van der Waals surface area contributed by atoms with Crippen LogP contribution < -0.4 is 0 Å². The Kier molecular flexibility index (Phi) is 4.02. The Morgan fingerprint density at radius 3 is 2.85 bits per heavy atom. The molecule has 1 aliphatic rings. The summed E-state index contributed by atoms with van der Waals surface area (Å²) in [6.07, 6.45) is 6.57. The highest BCUT2D eigenvalue weighted by molar-refractivity contribution is 7.17. The van der Waals surface area contributed by atoms with Crippen LogP contribution in [0, 0.1) is 0 Å². The molecule has 1 nitrogen and oxygen atoms in total. The standard InChI is InChI=1S/C18H20OS/c1-2-6-16(19)18-12-11-17(20-18)15-10-5-8-13-7-3-4-9-14(13)15/h5,8,10-12H,2-4,6-7,9H2,1H3. The second-order valence-corrected chi connectivity index (χ2v) is 6.57. The Labute approximate surface area is 124 Å². The normalized spacial score (nSPS) is 14.1. The molecule has 1 heterocycles. The van der Waals surface area contributed by atoms with Gasteiger partial charge in [0.1, 0.15) is 0 Å². The molecule has 20 heavy (non-hydrogen) atoms. The van der Waals surface area contributed by atoms with Crippen LogP contribution >= 0.6 is 11.3 Å². The Morgan fingerprint density at radius 1 is 1.15 bits per heavy atom. The molecule has 0 amide bonds. The monoisotopic (exact) mass is 284 g/mol. The van der Waals surface area contributed by atoms with E-state index in [1.807, 2.05) is 6.07 Å². The Bertz CT molecular complexity index is 624. The molecule has 0 saturated carbocycles. The van der Waals surface area contributed by atoms with Crippen molar-refractivity contribution in [1.29, 1.82) is 0 Å². The smallest absolute Gasteiger partial charge is 0.172 e. The van der Waals surface area contributed by atoms with E-state index in [9.17, 15) is 4.79 Å². The van der Waals surface area contributed by atoms with Gasteiger partial charge in [-0.15, -0.1) is 11.3 Å². The number of carbonyl (C=O) groups excluding carboxylic acids is 1. The SMILES string of the molecule is CCCC(=O)c1ccc(-c2cccc3c2CCCC3)s1. The molecule has 2 aromatic rings. The summed E-state index contributed by atoms with van der Waals surface area (Å²) >= 11 is 1.66. The van der Waals surface area contributed by atoms with E-state index in [2.05, 4.69) is 31.2 Å². The number of benzene rings is 1. The molecule has 0 radical (unpaired) electrons. The van der Waals surface area contributed by atoms with Gasteiger partial charge in [-0.1, -0.05) is 25.1 Å². The fourth-order valence-electron chi connectivity index (χ4n) is 2.99. The summed E-state index contributed by atoms with van der Waals surface area (Å²) in [5.41, 5.74) is 4.36. The van der Waals surface area contributed by atoms with Crippen molar-refractivity contribution in [2.24, 2.45) is 0 Å². The van der Waals surface area contributed by atoms with Crippen molar-refractivity contribution in [1.82, 2.24) is 0 Å². The van der Waals surface area contributed by atoms with Crippen LogP contribution in [0.3, 0.4) is 0 Å². The molecule has 0 saturated heterocycles. The Hall–Kier alpha value is -1.41. The first kappa shape index (κ1) is 13.6. The predicted molar refractivity (Wildman–Crippen MR) is 85.6 cm³/mol. The molecule has 0 unspecified atom stereocenters. The molecule has 1 aromatic heterocycles. The van der Waals surface area contributed by atoms with Gasteiger partial charge in [0.15, 0.2) is 5.78 Å². The van der Waals surface area contributed by atoms with Crippen molar-refractivity contribution in [2.45, 2.75) is 45.4 Å². The molecule has 0 fully saturated rings. The molecule has 1 aliphatic carbocycles. The summed E-state index contributed by atoms with van der Waals surface area (Å²) in [4.78, 5) is 14.2. The number of hydrogen-bond acceptors (Lipinski definition) is 2. The van der Waals surface area contributed by atoms with Gasteiger partial charge < -0.3 is 0 Å². The first-order valence-electron chi connectivity index (χ1n) is 7.53. The summed E-state index contributed by atoms with van der Waals surface area (Å²) < 4.78 is 0. The topological polar surface area (TPSA) is 17.1 Å². The number of ketones is 1. The second-order valence-electron chi connectivity index (χ2n) is 5.49. The zero-order chi connectivity index (χ0) is 13.9. The number of Topliss-reactive ketones (excluding diaryl/α,β-unsaturated/α-hetero) is 1. The van der Waals surface area contributed by atoms with E-state index >= 15 is 0 Å². The van der Waals surface area contributed by atoms with Gasteiger partial charge in [-0.3, -0.25) is 4.79 Å². The van der Waals surface area contributed by atoms with Gasteiger partial charge in [0.2, 0.25) is 0 Å². The summed E-state index contributed by atoms with van der Waals surface area (Å²) in [5, 5.41) is 0. The van der Waals surface area contributed by atoms with Crippen LogP contribution in [0.15, 0.2) is 30.3 Å². The van der Waals surface area contributed by atoms with Gasteiger partial charge >= 0.3 is 0 Å². The van der Waals surface area contributed by atoms with E-state index < -0.39 is 0 Å². The molecule has 0 aliphatic heterocycles. The van der Waals surface area contributed by atoms with Crippen molar-refractivity contribution < 1.29 is 4.79 Å². The average molecular weight is 284 g/mol. The molecule has 2 heteroatoms. The lowest BCUT2D eigenvalue weighted by Crippen LogP contribution is -2.03. The molecule has 1 aromatic carbocycles. The van der Waals surface area contributed by atoms with Crippen LogP contribution in [0.5, 0.6) is 0 Å². The van der Waals surface area contributed by atoms with Gasteiger partial charge in [-0.2, -0.15) is 0 Å². The van der Waals surface area contributed by atoms with E-state index in [4.69, 9.17) is 0 Å². The largest absolute Gasteiger partial charge is 0.293 e. The lowest BCUT2D eigenvalue weighted by molar-refractivity contribution is 0.0985. The maximum atomic E-state index is 12.0. The van der Waals surface area contributed by atoms with E-state index in [0.717, 1.165) is 11.3 Å². The lowest BCUT2D eigenvalue weighted by atomic mass is 9.88. The van der Waals surface area contributed by atoms with Gasteiger partial charge in [0.05, 0.1) is 4.88 Å². The van der Waals surface area contributed by atoms with Crippen LogP contribution in [0.1, 0.15) is 53.4 Å². The first-order chi connectivity index (χ1) is 9.79. The highest BCUT2D eigenvalue weighted by Gasteiger charge is 2.16. The van der Waals surface area contributed by atoms with E-state index in [-0.39, 0.29) is 5.78 Å². The van der Waals surface area contributed by atoms with E-state index in [1.54, 1.807) is 11.3 Å². The highest BCUT2D eigenvalue weighted by atomic mass is 32.1. The maximum Gasteiger partial charge on any atom is 0.172 e. The van der Waals surface area contributed by atoms with Crippen molar-refractivity contribution in [3.63, 3.8) is 0 Å². The third kappa shape index (κ3) is 2.57. The Balaban J connectivity index is 1.96. The van der Waals surface area contributed by atoms with Gasteiger partial charge in [-0.05, 0) is 60.9 Å². The Morgan fingerprint density at radius 2 is 2.00 bits per heavy atom. The third-order valence-corrected chi connectivity index (χ3v) is 5.18. The lowest BCUT2D eigenvalue weighted by Gasteiger charge is -2.18. The zero-order valence-electron chi connectivity index (χ0n) is 11.9. The minimum atomic E-state index is 0.286. The number of aryl methyl sites for hydroxylation is 1. The third-order valence-electron chi connectivity index (χ3n) is 4.02. The van der Waals surface area contributed by atoms with E-state index in [1.165, 1.54) is 47.3 Å². The fraction of sp³-hybridized carbons (Fsp3) is 0.389. The summed E-state index contributed by atoms with van der Waals surface area (Å²) in [7, 11) is 0. The molecular formula is C18H20OS. The quantitative estimate of drug-likeness (QED) is 0.698. The highest BCUT2D eigenvalue weighted by Crippen LogP contribution is 2.35. The summed E-state index contributed by atoms with van der Waals surface area (Å²) in [5.74, 6) is 0.286. The van der Waals surface area contributed by atoms with Crippen LogP contribution in [-0.4, -0.2) is 5.78 Å². The van der Waals surface area contributed by atoms with Gasteiger partial charge in [-0.25, -0.2) is 0 Å². The molecule has 0 atom stereocenters. The first-order valence-corrected chi connectivity index (χ1v) is 8.35. The number of thiophene rings is 1. The average Bonchev–Trinajstić information content (AvgIpc) is 2.97. The number of carbonyl (C=O) groups is 1. The fourth-order valence-corrected chi connectivity index (χ4v) is 4.02. The predicted octanol–water partition coefficient (Wildman–Crippen LogP) is 5.28. The van der Waals surface area contributed by atoms with Crippen molar-refractivity contribution in [2.75, 3.05) is 0 Å². The van der Waals surface area contributed by atoms with Gasteiger partial charge in [0, 0.05) is 11.3 Å². The molecule has 104 valence electrons. The van der Waals surface area contributed by atoms with Crippen molar-refractivity contribution in [3.8, 4) is 10.4 Å². The maximum absolute atomic E-state index is 12.0. The second kappa shape index (κ2) is 5.92. The minimum absolute atomic E-state index is 0.286. The van der Waals surface area contributed by atoms with E-state index in [0.29, 0.717) is 6.42 Å². The molecule has 0 spiro atoms. The summed E-state index contributed by atoms with van der Waals surface area (Å²) in [6, 6.07) is 10.8. The number of hydrogen-bond donors (Lipinski definition) is 0. The van der Waals surface area contributed by atoms with Crippen LogP contribution in [0.4, 0.5) is 0 Å². The summed E-state index contributed by atoms with van der Waals surface area (Å²) in [6.45, 7) is 2.06. The van der Waals surface area contributed by atoms with Crippen molar-refractivity contribution in [3.05, 3.63) is 46.3 Å². The molecular weight excluding hydrogens is 264 g/mol. The van der Waals surface area contributed by atoms with Crippen LogP contribution in [0.25, 0.3) is 10.4 Å². The van der Waals surface area contributed by atoms with Crippen molar-refractivity contribution >= 4 is 17.1 Å². The zero-order valence-corrected chi connectivity index (χ0v) is 12.8. The minimum Gasteiger partial charge on any atom is -0.293 e.